The molecule has 136 valence electrons. The number of benzene rings is 1. The Morgan fingerprint density at radius 2 is 1.81 bits per heavy atom. The monoisotopic (exact) mass is 355 g/mol. The van der Waals surface area contributed by atoms with Crippen molar-refractivity contribution in [1.82, 2.24) is 10.3 Å². The fourth-order valence-corrected chi connectivity index (χ4v) is 2.68. The van der Waals surface area contributed by atoms with Gasteiger partial charge in [-0.15, -0.1) is 0 Å². The minimum Gasteiger partial charge on any atom is -0.497 e. The lowest BCUT2D eigenvalue weighted by molar-refractivity contribution is -0.134. The summed E-state index contributed by atoms with van der Waals surface area (Å²) in [7, 11) is 3.07. The van der Waals surface area contributed by atoms with Crippen molar-refractivity contribution in [3.05, 3.63) is 48.3 Å². The van der Waals surface area contributed by atoms with Crippen molar-refractivity contribution in [2.75, 3.05) is 19.5 Å². The third kappa shape index (κ3) is 3.61. The molecule has 0 unspecified atom stereocenters. The van der Waals surface area contributed by atoms with Gasteiger partial charge in [-0.05, 0) is 42.7 Å². The smallest absolute Gasteiger partial charge is 0.240 e. The van der Waals surface area contributed by atoms with Gasteiger partial charge in [-0.25, -0.2) is 0 Å². The van der Waals surface area contributed by atoms with Crippen LogP contribution in [0.15, 0.2) is 42.7 Å². The zero-order chi connectivity index (χ0) is 18.6. The highest BCUT2D eigenvalue weighted by Gasteiger charge is 2.56. The predicted octanol–water partition coefficient (Wildman–Crippen LogP) is 2.13. The Labute approximate surface area is 151 Å². The Morgan fingerprint density at radius 3 is 2.42 bits per heavy atom. The van der Waals surface area contributed by atoms with Gasteiger partial charge in [0.15, 0.2) is 0 Å². The fourth-order valence-electron chi connectivity index (χ4n) is 2.68. The van der Waals surface area contributed by atoms with E-state index in [4.69, 9.17) is 9.47 Å². The summed E-state index contributed by atoms with van der Waals surface area (Å²) in [6.07, 6.45) is 4.38. The van der Waals surface area contributed by atoms with E-state index in [0.717, 1.165) is 5.56 Å². The molecule has 0 bridgehead atoms. The molecule has 3 rings (SSSR count). The van der Waals surface area contributed by atoms with Gasteiger partial charge in [0.2, 0.25) is 11.8 Å². The first-order chi connectivity index (χ1) is 12.6. The number of ether oxygens (including phenoxy) is 2. The number of anilines is 1. The number of pyridine rings is 1. The third-order valence-corrected chi connectivity index (χ3v) is 4.48. The number of amides is 2. The van der Waals surface area contributed by atoms with Crippen molar-refractivity contribution < 1.29 is 19.1 Å². The lowest BCUT2D eigenvalue weighted by Crippen LogP contribution is -2.39. The van der Waals surface area contributed by atoms with Crippen molar-refractivity contribution in [3.8, 4) is 11.5 Å². The van der Waals surface area contributed by atoms with Crippen LogP contribution in [-0.2, 0) is 16.1 Å². The molecule has 1 aromatic carbocycles. The first kappa shape index (κ1) is 17.7. The zero-order valence-corrected chi connectivity index (χ0v) is 14.7. The van der Waals surface area contributed by atoms with Crippen LogP contribution in [0.3, 0.4) is 0 Å². The molecule has 2 amide bonds. The number of carbonyl (C=O) groups excluding carboxylic acids is 2. The molecule has 1 aromatic heterocycles. The molecule has 0 atom stereocenters. The molecule has 1 heterocycles. The average molecular weight is 355 g/mol. The molecule has 0 saturated heterocycles. The molecule has 1 saturated carbocycles. The normalized spacial score (nSPS) is 14.2. The van der Waals surface area contributed by atoms with E-state index >= 15 is 0 Å². The Balaban J connectivity index is 1.66. The number of aromatic nitrogens is 1. The minimum absolute atomic E-state index is 0.265. The lowest BCUT2D eigenvalue weighted by Gasteiger charge is -2.17. The van der Waals surface area contributed by atoms with E-state index in [2.05, 4.69) is 15.6 Å². The molecule has 7 heteroatoms. The highest BCUT2D eigenvalue weighted by atomic mass is 16.5. The summed E-state index contributed by atoms with van der Waals surface area (Å²) in [5, 5.41) is 5.64. The van der Waals surface area contributed by atoms with Crippen LogP contribution in [0.5, 0.6) is 11.5 Å². The van der Waals surface area contributed by atoms with Crippen molar-refractivity contribution in [3.63, 3.8) is 0 Å². The van der Waals surface area contributed by atoms with Crippen LogP contribution in [-0.4, -0.2) is 31.0 Å². The van der Waals surface area contributed by atoms with E-state index in [-0.39, 0.29) is 11.8 Å². The van der Waals surface area contributed by atoms with Gasteiger partial charge in [0, 0.05) is 25.0 Å². The first-order valence-electron chi connectivity index (χ1n) is 8.30. The second kappa shape index (κ2) is 7.43. The van der Waals surface area contributed by atoms with Crippen molar-refractivity contribution in [2.45, 2.75) is 19.4 Å². The van der Waals surface area contributed by atoms with Gasteiger partial charge in [0.05, 0.1) is 19.9 Å². The standard InChI is InChI=1S/C19H21N3O4/c1-25-14-3-4-15(16(11-14)26-2)22-18(24)19(7-8-19)17(23)21-12-13-5-9-20-10-6-13/h3-6,9-11H,7-8,12H2,1-2H3,(H,21,23)(H,22,24). The number of hydrogen-bond donors (Lipinski definition) is 2. The average Bonchev–Trinajstić information content (AvgIpc) is 3.49. The van der Waals surface area contributed by atoms with Crippen LogP contribution in [0.25, 0.3) is 0 Å². The fraction of sp³-hybridized carbons (Fsp3) is 0.316. The summed E-state index contributed by atoms with van der Waals surface area (Å²) >= 11 is 0. The Hall–Kier alpha value is -3.09. The molecule has 1 aliphatic carbocycles. The highest BCUT2D eigenvalue weighted by molar-refractivity contribution is 6.13. The van der Waals surface area contributed by atoms with Crippen LogP contribution >= 0.6 is 0 Å². The molecule has 2 N–H and O–H groups in total. The largest absolute Gasteiger partial charge is 0.497 e. The zero-order valence-electron chi connectivity index (χ0n) is 14.7. The topological polar surface area (TPSA) is 89.5 Å². The summed E-state index contributed by atoms with van der Waals surface area (Å²) in [5.41, 5.74) is 0.422. The Kier molecular flexibility index (Phi) is 5.06. The summed E-state index contributed by atoms with van der Waals surface area (Å²) in [5.74, 6) is 0.509. The number of rotatable bonds is 7. The molecule has 1 aliphatic rings. The van der Waals surface area contributed by atoms with E-state index in [9.17, 15) is 9.59 Å². The number of methoxy groups -OCH3 is 2. The Bertz CT molecular complexity index is 804. The minimum atomic E-state index is -1.02. The molecule has 26 heavy (non-hydrogen) atoms. The Morgan fingerprint density at radius 1 is 1.08 bits per heavy atom. The quantitative estimate of drug-likeness (QED) is 0.743. The number of nitrogens with one attached hydrogen (secondary N) is 2. The van der Waals surface area contributed by atoms with E-state index in [1.807, 2.05) is 12.1 Å². The van der Waals surface area contributed by atoms with E-state index < -0.39 is 5.41 Å². The molecule has 0 aliphatic heterocycles. The summed E-state index contributed by atoms with van der Waals surface area (Å²) in [6, 6.07) is 8.74. The van der Waals surface area contributed by atoms with Crippen LogP contribution in [0.1, 0.15) is 18.4 Å². The first-order valence-corrected chi connectivity index (χ1v) is 8.30. The molecule has 0 spiro atoms. The maximum atomic E-state index is 12.7. The molecule has 7 nitrogen and oxygen atoms in total. The van der Waals surface area contributed by atoms with Gasteiger partial charge in [0.1, 0.15) is 16.9 Å². The summed E-state index contributed by atoms with van der Waals surface area (Å²) in [4.78, 5) is 29.2. The summed E-state index contributed by atoms with van der Waals surface area (Å²) in [6.45, 7) is 0.363. The number of nitrogens with zero attached hydrogens (tertiary/aromatic N) is 1. The van der Waals surface area contributed by atoms with Gasteiger partial charge < -0.3 is 20.1 Å². The van der Waals surface area contributed by atoms with Gasteiger partial charge in [-0.1, -0.05) is 0 Å². The van der Waals surface area contributed by atoms with E-state index in [1.165, 1.54) is 7.11 Å². The highest BCUT2D eigenvalue weighted by Crippen LogP contribution is 2.47. The maximum Gasteiger partial charge on any atom is 0.240 e. The van der Waals surface area contributed by atoms with Gasteiger partial charge in [0.25, 0.3) is 0 Å². The van der Waals surface area contributed by atoms with Crippen LogP contribution in [0.2, 0.25) is 0 Å². The van der Waals surface area contributed by atoms with E-state index in [1.54, 1.807) is 37.7 Å². The second-order valence-corrected chi connectivity index (χ2v) is 6.14. The molecular formula is C19H21N3O4. The van der Waals surface area contributed by atoms with Gasteiger partial charge >= 0.3 is 0 Å². The van der Waals surface area contributed by atoms with Gasteiger partial charge in [-0.2, -0.15) is 0 Å². The number of hydrogen-bond acceptors (Lipinski definition) is 5. The molecule has 1 fully saturated rings. The molecular weight excluding hydrogens is 334 g/mol. The van der Waals surface area contributed by atoms with Crippen molar-refractivity contribution in [2.24, 2.45) is 5.41 Å². The van der Waals surface area contributed by atoms with Crippen molar-refractivity contribution >= 4 is 17.5 Å². The van der Waals surface area contributed by atoms with Gasteiger partial charge in [-0.3, -0.25) is 14.6 Å². The molecule has 0 radical (unpaired) electrons. The van der Waals surface area contributed by atoms with Crippen LogP contribution in [0, 0.1) is 5.41 Å². The predicted molar refractivity (Wildman–Crippen MR) is 95.9 cm³/mol. The van der Waals surface area contributed by atoms with E-state index in [0.29, 0.717) is 36.6 Å². The third-order valence-electron chi connectivity index (χ3n) is 4.48. The lowest BCUT2D eigenvalue weighted by atomic mass is 10.0. The van der Waals surface area contributed by atoms with Crippen LogP contribution < -0.4 is 20.1 Å². The second-order valence-electron chi connectivity index (χ2n) is 6.14. The number of carbonyl (C=O) groups is 2. The SMILES string of the molecule is COc1ccc(NC(=O)C2(C(=O)NCc3ccncc3)CC2)c(OC)c1. The van der Waals surface area contributed by atoms with Crippen molar-refractivity contribution in [1.29, 1.82) is 0 Å². The maximum absolute atomic E-state index is 12.7. The summed E-state index contributed by atoms with van der Waals surface area (Å²) < 4.78 is 10.4. The molecule has 2 aromatic rings. The van der Waals surface area contributed by atoms with Crippen LogP contribution in [0.4, 0.5) is 5.69 Å².